The Bertz CT molecular complexity index is 859. The molecule has 3 rings (SSSR count). The first-order chi connectivity index (χ1) is 11.6. The van der Waals surface area contributed by atoms with Crippen LogP contribution in [-0.2, 0) is 4.79 Å². The number of hydrogen-bond acceptors (Lipinski definition) is 4. The van der Waals surface area contributed by atoms with Gasteiger partial charge in [-0.15, -0.1) is 5.43 Å². The molecule has 0 radical (unpaired) electrons. The predicted molar refractivity (Wildman–Crippen MR) is 86.9 cm³/mol. The number of benzene rings is 2. The van der Waals surface area contributed by atoms with Gasteiger partial charge in [0.2, 0.25) is 17.4 Å². The Morgan fingerprint density at radius 2 is 1.79 bits per heavy atom. The van der Waals surface area contributed by atoms with E-state index in [1.807, 2.05) is 30.3 Å². The van der Waals surface area contributed by atoms with E-state index in [1.165, 1.54) is 6.07 Å². The molecule has 24 heavy (non-hydrogen) atoms. The number of carbonyl (C=O) groups is 2. The summed E-state index contributed by atoms with van der Waals surface area (Å²) in [6, 6.07) is 14.8. The summed E-state index contributed by atoms with van der Waals surface area (Å²) in [6.45, 7) is 1.78. The molecule has 1 aliphatic rings. The first-order valence-corrected chi connectivity index (χ1v) is 7.30. The maximum Gasteiger partial charge on any atom is 0.337 e. The Kier molecular flexibility index (Phi) is 4.15. The van der Waals surface area contributed by atoms with Gasteiger partial charge in [-0.05, 0) is 12.1 Å². The van der Waals surface area contributed by atoms with Gasteiger partial charge in [0.25, 0.3) is 0 Å². The summed E-state index contributed by atoms with van der Waals surface area (Å²) in [5.41, 5.74) is 4.46. The molecule has 2 aromatic carbocycles. The molecule has 7 heteroatoms. The van der Waals surface area contributed by atoms with Crippen molar-refractivity contribution < 1.29 is 19.4 Å². The summed E-state index contributed by atoms with van der Waals surface area (Å²) in [6.07, 6.45) is 0. The van der Waals surface area contributed by atoms with Crippen LogP contribution in [0.2, 0.25) is 0 Å². The Morgan fingerprint density at radius 1 is 1.12 bits per heavy atom. The molecule has 2 N–H and O–H groups in total. The van der Waals surface area contributed by atoms with Crippen LogP contribution >= 0.6 is 0 Å². The van der Waals surface area contributed by atoms with Crippen LogP contribution in [0.5, 0.6) is 0 Å². The lowest BCUT2D eigenvalue weighted by molar-refractivity contribution is -0.486. The third-order valence-corrected chi connectivity index (χ3v) is 3.65. The maximum atomic E-state index is 12.2. The number of carboxylic acids is 1. The van der Waals surface area contributed by atoms with Crippen molar-refractivity contribution in [2.75, 3.05) is 0 Å². The highest BCUT2D eigenvalue weighted by Gasteiger charge is 2.39. The number of hydrogen-bond donors (Lipinski definition) is 2. The third-order valence-electron chi connectivity index (χ3n) is 3.65. The third kappa shape index (κ3) is 2.91. The lowest BCUT2D eigenvalue weighted by atomic mass is 10.2. The molecule has 1 unspecified atom stereocenters. The van der Waals surface area contributed by atoms with Crippen molar-refractivity contribution in [1.29, 1.82) is 0 Å². The van der Waals surface area contributed by atoms with Crippen LogP contribution in [0, 0.1) is 0 Å². The van der Waals surface area contributed by atoms with Gasteiger partial charge in [0.1, 0.15) is 0 Å². The van der Waals surface area contributed by atoms with Gasteiger partial charge in [-0.1, -0.05) is 35.0 Å². The van der Waals surface area contributed by atoms with Crippen LogP contribution in [-0.4, -0.2) is 33.4 Å². The number of nitrogens with zero attached hydrogens (tertiary/aromatic N) is 3. The van der Waals surface area contributed by atoms with Crippen molar-refractivity contribution in [1.82, 2.24) is 5.43 Å². The number of nitrogens with one attached hydrogen (secondary N) is 1. The Morgan fingerprint density at radius 3 is 2.50 bits per heavy atom. The molecule has 0 saturated carbocycles. The van der Waals surface area contributed by atoms with Gasteiger partial charge in [0.05, 0.1) is 11.3 Å². The fourth-order valence-electron chi connectivity index (χ4n) is 2.41. The molecule has 120 valence electrons. The second-order valence-electron chi connectivity index (χ2n) is 5.23. The van der Waals surface area contributed by atoms with Crippen LogP contribution in [0.15, 0.2) is 64.8 Å². The van der Waals surface area contributed by atoms with Crippen molar-refractivity contribution in [2.45, 2.75) is 13.0 Å². The van der Waals surface area contributed by atoms with Crippen molar-refractivity contribution in [3.05, 3.63) is 60.2 Å². The molecule has 0 aromatic heterocycles. The zero-order chi connectivity index (χ0) is 17.1. The van der Waals surface area contributed by atoms with Crippen molar-refractivity contribution in [3.8, 4) is 0 Å². The van der Waals surface area contributed by atoms with Gasteiger partial charge in [-0.2, -0.15) is 10.2 Å². The topological polar surface area (TPSA) is 94.1 Å². The van der Waals surface area contributed by atoms with Crippen LogP contribution in [0.4, 0.5) is 11.4 Å². The SMILES string of the molecule is CC1=[N+](c2ccccc2)NC(=O)C1N=Nc1ccccc1C(=O)O. The molecule has 2 aromatic rings. The predicted octanol–water partition coefficient (Wildman–Crippen LogP) is 2.69. The molecule has 0 spiro atoms. The largest absolute Gasteiger partial charge is 0.478 e. The highest BCUT2D eigenvalue weighted by atomic mass is 16.4. The first kappa shape index (κ1) is 15.5. The number of carbonyl (C=O) groups excluding carboxylic acids is 1. The number of hydrazone groups is 1. The van der Waals surface area contributed by atoms with Gasteiger partial charge < -0.3 is 5.11 Å². The molecule has 0 saturated heterocycles. The Balaban J connectivity index is 1.92. The van der Waals surface area contributed by atoms with E-state index in [9.17, 15) is 9.59 Å². The molecular formula is C17H15N4O3+. The average molecular weight is 323 g/mol. The van der Waals surface area contributed by atoms with E-state index in [2.05, 4.69) is 15.7 Å². The lowest BCUT2D eigenvalue weighted by Crippen LogP contribution is -2.28. The highest BCUT2D eigenvalue weighted by molar-refractivity contribution is 6.07. The van der Waals surface area contributed by atoms with Crippen molar-refractivity contribution >= 4 is 29.0 Å². The standard InChI is InChI=1S/C17H14N4O3/c1-11-15(16(22)20-21(11)12-7-3-2-4-8-12)19-18-14-10-6-5-9-13(14)17(23)24/h2-10,15H,1H3,(H-,20,22,23,24)/p+1. The fourth-order valence-corrected chi connectivity index (χ4v) is 2.41. The zero-order valence-corrected chi connectivity index (χ0v) is 12.9. The summed E-state index contributed by atoms with van der Waals surface area (Å²) in [4.78, 5) is 23.4. The summed E-state index contributed by atoms with van der Waals surface area (Å²) in [5, 5.41) is 17.2. The maximum absolute atomic E-state index is 12.2. The van der Waals surface area contributed by atoms with E-state index in [0.29, 0.717) is 5.71 Å². The van der Waals surface area contributed by atoms with E-state index in [-0.39, 0.29) is 17.2 Å². The molecule has 1 amide bonds. The van der Waals surface area contributed by atoms with Crippen molar-refractivity contribution in [3.63, 3.8) is 0 Å². The van der Waals surface area contributed by atoms with Gasteiger partial charge >= 0.3 is 11.9 Å². The first-order valence-electron chi connectivity index (χ1n) is 7.30. The van der Waals surface area contributed by atoms with Crippen LogP contribution in [0.1, 0.15) is 17.3 Å². The summed E-state index contributed by atoms with van der Waals surface area (Å²) in [7, 11) is 0. The second-order valence-corrected chi connectivity index (χ2v) is 5.23. The molecule has 7 nitrogen and oxygen atoms in total. The number of rotatable bonds is 4. The van der Waals surface area contributed by atoms with Gasteiger partial charge in [-0.3, -0.25) is 4.79 Å². The van der Waals surface area contributed by atoms with E-state index in [1.54, 1.807) is 29.8 Å². The normalized spacial score (nSPS) is 17.4. The number of para-hydroxylation sites is 1. The minimum absolute atomic E-state index is 0.0391. The molecule has 0 fully saturated rings. The average Bonchev–Trinajstić information content (AvgIpc) is 2.88. The van der Waals surface area contributed by atoms with E-state index < -0.39 is 12.0 Å². The number of carboxylic acid groups (broad SMARTS) is 1. The lowest BCUT2D eigenvalue weighted by Gasteiger charge is -1.99. The number of azo groups is 1. The summed E-state index contributed by atoms with van der Waals surface area (Å²) >= 11 is 0. The van der Waals surface area contributed by atoms with E-state index in [4.69, 9.17) is 5.11 Å². The highest BCUT2D eigenvalue weighted by Crippen LogP contribution is 2.21. The van der Waals surface area contributed by atoms with E-state index >= 15 is 0 Å². The Hall–Kier alpha value is -3.35. The summed E-state index contributed by atoms with van der Waals surface area (Å²) < 4.78 is 1.65. The zero-order valence-electron chi connectivity index (χ0n) is 12.9. The Labute approximate surface area is 137 Å². The number of amides is 1. The number of aromatic carboxylic acids is 1. The minimum Gasteiger partial charge on any atom is -0.478 e. The van der Waals surface area contributed by atoms with Crippen LogP contribution < -0.4 is 5.43 Å². The van der Waals surface area contributed by atoms with Gasteiger partial charge in [-0.25, -0.2) is 4.79 Å². The monoisotopic (exact) mass is 323 g/mol. The molecule has 1 aliphatic heterocycles. The summed E-state index contributed by atoms with van der Waals surface area (Å²) in [5.74, 6) is -1.40. The fraction of sp³-hybridized carbons (Fsp3) is 0.118. The van der Waals surface area contributed by atoms with Crippen LogP contribution in [0.3, 0.4) is 0 Å². The number of hydrazine groups is 1. The van der Waals surface area contributed by atoms with Crippen molar-refractivity contribution in [2.24, 2.45) is 10.2 Å². The molecular weight excluding hydrogens is 308 g/mol. The smallest absolute Gasteiger partial charge is 0.337 e. The van der Waals surface area contributed by atoms with Crippen LogP contribution in [0.25, 0.3) is 0 Å². The molecule has 0 aliphatic carbocycles. The van der Waals surface area contributed by atoms with E-state index in [0.717, 1.165) is 5.69 Å². The molecule has 1 atom stereocenters. The second kappa shape index (κ2) is 6.41. The minimum atomic E-state index is -1.09. The van der Waals surface area contributed by atoms with Gasteiger partial charge in [0, 0.05) is 19.1 Å². The van der Waals surface area contributed by atoms with Gasteiger partial charge in [0.15, 0.2) is 0 Å². The molecule has 1 heterocycles. The molecule has 0 bridgehead atoms. The quantitative estimate of drug-likeness (QED) is 0.669.